The highest BCUT2D eigenvalue weighted by Gasteiger charge is 2.47. The van der Waals surface area contributed by atoms with Crippen molar-refractivity contribution in [3.63, 3.8) is 0 Å². The highest BCUT2D eigenvalue weighted by molar-refractivity contribution is 5.94. The second-order valence-electron chi connectivity index (χ2n) is 6.89. The van der Waals surface area contributed by atoms with Gasteiger partial charge in [-0.25, -0.2) is 4.98 Å². The summed E-state index contributed by atoms with van der Waals surface area (Å²) in [6.45, 7) is 2.46. The summed E-state index contributed by atoms with van der Waals surface area (Å²) in [6, 6.07) is 14.1. The van der Waals surface area contributed by atoms with E-state index in [1.54, 1.807) is 0 Å². The van der Waals surface area contributed by atoms with Gasteiger partial charge < -0.3 is 24.4 Å². The van der Waals surface area contributed by atoms with Gasteiger partial charge in [0.15, 0.2) is 18.2 Å². The lowest BCUT2D eigenvalue weighted by Crippen LogP contribution is -2.63. The predicted molar refractivity (Wildman–Crippen MR) is 94.4 cm³/mol. The Morgan fingerprint density at radius 1 is 1.15 bits per heavy atom. The van der Waals surface area contributed by atoms with Crippen molar-refractivity contribution in [1.82, 2.24) is 4.98 Å². The Kier molecular flexibility index (Phi) is 3.58. The zero-order valence-electron chi connectivity index (χ0n) is 14.2. The van der Waals surface area contributed by atoms with Crippen molar-refractivity contribution < 1.29 is 19.0 Å². The van der Waals surface area contributed by atoms with Crippen molar-refractivity contribution in [2.24, 2.45) is 0 Å². The number of hydrogen-bond acceptors (Lipinski definition) is 6. The first kappa shape index (κ1) is 15.6. The summed E-state index contributed by atoms with van der Waals surface area (Å²) >= 11 is 0. The zero-order valence-corrected chi connectivity index (χ0v) is 14.2. The molecule has 7 heteroatoms. The molecule has 2 fully saturated rings. The first-order valence-corrected chi connectivity index (χ1v) is 8.69. The average molecular weight is 353 g/mol. The van der Waals surface area contributed by atoms with Crippen molar-refractivity contribution in [1.29, 1.82) is 0 Å². The number of amides is 1. The van der Waals surface area contributed by atoms with Gasteiger partial charge in [-0.2, -0.15) is 0 Å². The van der Waals surface area contributed by atoms with E-state index in [9.17, 15) is 4.79 Å². The number of anilines is 2. The topological polar surface area (TPSA) is 72.9 Å². The molecule has 1 amide bonds. The van der Waals surface area contributed by atoms with Crippen LogP contribution in [0, 0.1) is 0 Å². The molecule has 2 saturated heterocycles. The summed E-state index contributed by atoms with van der Waals surface area (Å²) in [5, 5.41) is 2.79. The van der Waals surface area contributed by atoms with E-state index in [4.69, 9.17) is 14.2 Å². The van der Waals surface area contributed by atoms with Crippen LogP contribution in [-0.4, -0.2) is 49.5 Å². The number of aromatic nitrogens is 1. The smallest absolute Gasteiger partial charge is 0.263 e. The van der Waals surface area contributed by atoms with Crippen molar-refractivity contribution in [2.45, 2.75) is 11.6 Å². The van der Waals surface area contributed by atoms with Crippen LogP contribution in [0.15, 0.2) is 42.5 Å². The van der Waals surface area contributed by atoms with Crippen LogP contribution >= 0.6 is 0 Å². The van der Waals surface area contributed by atoms with Gasteiger partial charge in [0, 0.05) is 0 Å². The maximum absolute atomic E-state index is 11.6. The Morgan fingerprint density at radius 2 is 2.00 bits per heavy atom. The molecule has 5 rings (SSSR count). The second-order valence-corrected chi connectivity index (χ2v) is 6.89. The third kappa shape index (κ3) is 2.60. The number of rotatable bonds is 2. The van der Waals surface area contributed by atoms with E-state index < -0.39 is 0 Å². The van der Waals surface area contributed by atoms with E-state index in [2.05, 4.69) is 27.3 Å². The van der Waals surface area contributed by atoms with E-state index in [-0.39, 0.29) is 24.2 Å². The molecule has 1 aromatic heterocycles. The number of nitrogens with zero attached hydrogens (tertiary/aromatic N) is 2. The maximum atomic E-state index is 11.6. The zero-order chi connectivity index (χ0) is 17.6. The Labute approximate surface area is 150 Å². The standard InChI is InChI=1S/C19H19N3O4/c23-17-9-25-15-6-7-16(20-18(15)21-17)22-10-19(11-24-12-19)26-8-14(22)13-4-2-1-3-5-13/h1-7,14H,8-12H2,(H,20,21,23). The van der Waals surface area contributed by atoms with Crippen LogP contribution in [0.25, 0.3) is 0 Å². The van der Waals surface area contributed by atoms with Gasteiger partial charge in [-0.3, -0.25) is 4.79 Å². The van der Waals surface area contributed by atoms with Crippen LogP contribution in [0.2, 0.25) is 0 Å². The Balaban J connectivity index is 1.52. The summed E-state index contributed by atoms with van der Waals surface area (Å²) in [5.74, 6) is 1.67. The quantitative estimate of drug-likeness (QED) is 0.887. The fraction of sp³-hybridized carbons (Fsp3) is 0.368. The minimum Gasteiger partial charge on any atom is -0.480 e. The molecule has 4 heterocycles. The van der Waals surface area contributed by atoms with Gasteiger partial charge in [0.05, 0.1) is 32.4 Å². The van der Waals surface area contributed by atoms with Crippen LogP contribution in [0.1, 0.15) is 11.6 Å². The number of ether oxygens (including phenoxy) is 3. The number of morpholine rings is 1. The minimum atomic E-state index is -0.275. The molecule has 1 atom stereocenters. The molecular weight excluding hydrogens is 334 g/mol. The molecule has 3 aliphatic rings. The van der Waals surface area contributed by atoms with Crippen LogP contribution in [0.5, 0.6) is 5.75 Å². The summed E-state index contributed by atoms with van der Waals surface area (Å²) in [5.41, 5.74) is 0.894. The fourth-order valence-electron chi connectivity index (χ4n) is 3.62. The van der Waals surface area contributed by atoms with E-state index in [1.165, 1.54) is 5.56 Å². The number of hydrogen-bond donors (Lipinski definition) is 1. The van der Waals surface area contributed by atoms with Gasteiger partial charge in [0.2, 0.25) is 0 Å². The second kappa shape index (κ2) is 5.96. The molecule has 7 nitrogen and oxygen atoms in total. The largest absolute Gasteiger partial charge is 0.480 e. The summed E-state index contributed by atoms with van der Waals surface area (Å²) in [7, 11) is 0. The van der Waals surface area contributed by atoms with Gasteiger partial charge in [-0.15, -0.1) is 0 Å². The van der Waals surface area contributed by atoms with Crippen LogP contribution < -0.4 is 15.0 Å². The molecule has 0 bridgehead atoms. The number of nitrogens with one attached hydrogen (secondary N) is 1. The summed E-state index contributed by atoms with van der Waals surface area (Å²) in [6.07, 6.45) is 0. The fourth-order valence-corrected chi connectivity index (χ4v) is 3.62. The highest BCUT2D eigenvalue weighted by Crippen LogP contribution is 2.39. The van der Waals surface area contributed by atoms with Crippen LogP contribution in [0.3, 0.4) is 0 Å². The van der Waals surface area contributed by atoms with E-state index in [1.807, 2.05) is 30.3 Å². The van der Waals surface area contributed by atoms with Gasteiger partial charge in [-0.05, 0) is 17.7 Å². The lowest BCUT2D eigenvalue weighted by atomic mass is 9.95. The SMILES string of the molecule is O=C1COc2ccc(N3CC4(COC4)OCC3c3ccccc3)nc2N1. The van der Waals surface area contributed by atoms with Crippen molar-refractivity contribution in [2.75, 3.05) is 43.2 Å². The number of fused-ring (bicyclic) bond motifs is 1. The minimum absolute atomic E-state index is 0.0265. The van der Waals surface area contributed by atoms with Crippen molar-refractivity contribution in [3.05, 3.63) is 48.0 Å². The van der Waals surface area contributed by atoms with Gasteiger partial charge in [0.1, 0.15) is 11.4 Å². The number of carbonyl (C=O) groups is 1. The van der Waals surface area contributed by atoms with E-state index >= 15 is 0 Å². The number of benzene rings is 1. The van der Waals surface area contributed by atoms with Crippen LogP contribution in [-0.2, 0) is 14.3 Å². The summed E-state index contributed by atoms with van der Waals surface area (Å²) in [4.78, 5) is 18.5. The molecule has 134 valence electrons. The molecule has 1 spiro atoms. The molecule has 1 aromatic carbocycles. The van der Waals surface area contributed by atoms with Crippen LogP contribution in [0.4, 0.5) is 11.6 Å². The van der Waals surface area contributed by atoms with Crippen molar-refractivity contribution in [3.8, 4) is 5.75 Å². The molecule has 0 radical (unpaired) electrons. The molecule has 0 saturated carbocycles. The number of carbonyl (C=O) groups excluding carboxylic acids is 1. The van der Waals surface area contributed by atoms with Gasteiger partial charge >= 0.3 is 0 Å². The molecule has 26 heavy (non-hydrogen) atoms. The molecule has 1 N–H and O–H groups in total. The molecular formula is C19H19N3O4. The van der Waals surface area contributed by atoms with E-state index in [0.717, 1.165) is 5.82 Å². The Bertz CT molecular complexity index is 838. The summed E-state index contributed by atoms with van der Waals surface area (Å²) < 4.78 is 17.0. The first-order chi connectivity index (χ1) is 12.7. The Morgan fingerprint density at radius 3 is 2.77 bits per heavy atom. The normalized spacial score (nSPS) is 23.6. The lowest BCUT2D eigenvalue weighted by molar-refractivity contribution is -0.218. The third-order valence-electron chi connectivity index (χ3n) is 5.05. The van der Waals surface area contributed by atoms with Gasteiger partial charge in [-0.1, -0.05) is 30.3 Å². The number of pyridine rings is 1. The molecule has 0 aliphatic carbocycles. The molecule has 3 aliphatic heterocycles. The van der Waals surface area contributed by atoms with Crippen molar-refractivity contribution >= 4 is 17.5 Å². The third-order valence-corrected chi connectivity index (χ3v) is 5.05. The molecule has 2 aromatic rings. The van der Waals surface area contributed by atoms with Gasteiger partial charge in [0.25, 0.3) is 5.91 Å². The van der Waals surface area contributed by atoms with E-state index in [0.29, 0.717) is 37.9 Å². The Hall–Kier alpha value is -2.64. The molecule has 1 unspecified atom stereocenters. The average Bonchev–Trinajstić information content (AvgIpc) is 2.66. The predicted octanol–water partition coefficient (Wildman–Crippen LogP) is 1.76. The highest BCUT2D eigenvalue weighted by atomic mass is 16.6. The first-order valence-electron chi connectivity index (χ1n) is 8.69. The maximum Gasteiger partial charge on any atom is 0.263 e. The lowest BCUT2D eigenvalue weighted by Gasteiger charge is -2.51. The monoisotopic (exact) mass is 353 g/mol.